The van der Waals surface area contributed by atoms with Gasteiger partial charge in [-0.15, -0.1) is 12.4 Å². The topological polar surface area (TPSA) is 64.3 Å². The summed E-state index contributed by atoms with van der Waals surface area (Å²) in [4.78, 5) is 11.9. The Morgan fingerprint density at radius 1 is 1.32 bits per heavy atom. The molecule has 0 saturated carbocycles. The Bertz CT molecular complexity index is 428. The molecule has 1 aromatic rings. The van der Waals surface area contributed by atoms with Crippen molar-refractivity contribution in [3.8, 4) is 5.75 Å². The number of ether oxygens (including phenoxy) is 1. The molecule has 1 amide bonds. The van der Waals surface area contributed by atoms with E-state index in [-0.39, 0.29) is 18.3 Å². The minimum absolute atomic E-state index is 0. The van der Waals surface area contributed by atoms with E-state index < -0.39 is 0 Å². The van der Waals surface area contributed by atoms with Crippen molar-refractivity contribution in [3.63, 3.8) is 0 Å². The number of hydrogen-bond acceptors (Lipinski definition) is 3. The van der Waals surface area contributed by atoms with Crippen LogP contribution in [0.3, 0.4) is 0 Å². The highest BCUT2D eigenvalue weighted by Crippen LogP contribution is 2.30. The molecule has 0 aromatic heterocycles. The third kappa shape index (κ3) is 5.45. The van der Waals surface area contributed by atoms with Crippen LogP contribution in [0.15, 0.2) is 12.1 Å². The SMILES string of the molecule is COc1cc(Cl)c(Cl)cc1C(=O)NCCCCN.Cl. The van der Waals surface area contributed by atoms with Crippen LogP contribution in [0.4, 0.5) is 0 Å². The molecule has 0 bridgehead atoms. The summed E-state index contributed by atoms with van der Waals surface area (Å²) in [5.74, 6) is 0.170. The zero-order valence-electron chi connectivity index (χ0n) is 10.5. The maximum Gasteiger partial charge on any atom is 0.255 e. The molecule has 0 aliphatic heterocycles. The van der Waals surface area contributed by atoms with Gasteiger partial charge in [0.2, 0.25) is 0 Å². The fourth-order valence-corrected chi connectivity index (χ4v) is 1.76. The third-order valence-electron chi connectivity index (χ3n) is 2.40. The van der Waals surface area contributed by atoms with E-state index in [4.69, 9.17) is 33.7 Å². The lowest BCUT2D eigenvalue weighted by atomic mass is 10.2. The van der Waals surface area contributed by atoms with Crippen molar-refractivity contribution in [2.24, 2.45) is 5.73 Å². The molecule has 19 heavy (non-hydrogen) atoms. The van der Waals surface area contributed by atoms with Gasteiger partial charge in [0.15, 0.2) is 0 Å². The predicted octanol–water partition coefficient (Wildman–Crippen LogP) is 2.89. The zero-order chi connectivity index (χ0) is 13.5. The summed E-state index contributed by atoms with van der Waals surface area (Å²) in [6, 6.07) is 3.03. The number of rotatable bonds is 6. The number of unbranched alkanes of at least 4 members (excludes halogenated alkanes) is 1. The molecule has 0 fully saturated rings. The largest absolute Gasteiger partial charge is 0.496 e. The van der Waals surface area contributed by atoms with Crippen LogP contribution in [0.25, 0.3) is 0 Å². The van der Waals surface area contributed by atoms with Crippen molar-refractivity contribution < 1.29 is 9.53 Å². The van der Waals surface area contributed by atoms with E-state index in [1.54, 1.807) is 0 Å². The molecule has 108 valence electrons. The fraction of sp³-hybridized carbons (Fsp3) is 0.417. The van der Waals surface area contributed by atoms with Gasteiger partial charge in [-0.05, 0) is 25.5 Å². The minimum Gasteiger partial charge on any atom is -0.496 e. The highest BCUT2D eigenvalue weighted by atomic mass is 35.5. The number of hydrogen-bond donors (Lipinski definition) is 2. The zero-order valence-corrected chi connectivity index (χ0v) is 12.9. The van der Waals surface area contributed by atoms with Gasteiger partial charge in [-0.2, -0.15) is 0 Å². The van der Waals surface area contributed by atoms with Gasteiger partial charge in [-0.3, -0.25) is 4.79 Å². The number of amides is 1. The van der Waals surface area contributed by atoms with Gasteiger partial charge in [-0.1, -0.05) is 23.2 Å². The van der Waals surface area contributed by atoms with E-state index in [0.717, 1.165) is 12.8 Å². The number of methoxy groups -OCH3 is 1. The molecule has 4 nitrogen and oxygen atoms in total. The van der Waals surface area contributed by atoms with Crippen molar-refractivity contribution in [2.45, 2.75) is 12.8 Å². The third-order valence-corrected chi connectivity index (χ3v) is 3.13. The van der Waals surface area contributed by atoms with Crippen LogP contribution in [-0.2, 0) is 0 Å². The molecule has 1 rings (SSSR count). The number of halogens is 3. The highest BCUT2D eigenvalue weighted by Gasteiger charge is 2.14. The first-order valence-corrected chi connectivity index (χ1v) is 6.37. The van der Waals surface area contributed by atoms with E-state index in [1.807, 2.05) is 0 Å². The van der Waals surface area contributed by atoms with Gasteiger partial charge in [0.1, 0.15) is 5.75 Å². The lowest BCUT2D eigenvalue weighted by Crippen LogP contribution is -2.25. The number of nitrogens with one attached hydrogen (secondary N) is 1. The molecule has 0 saturated heterocycles. The first kappa shape index (κ1) is 18.3. The lowest BCUT2D eigenvalue weighted by Gasteiger charge is -2.10. The molecular weight excluding hydrogens is 311 g/mol. The summed E-state index contributed by atoms with van der Waals surface area (Å²) >= 11 is 11.7. The van der Waals surface area contributed by atoms with Gasteiger partial charge in [-0.25, -0.2) is 0 Å². The van der Waals surface area contributed by atoms with Crippen LogP contribution >= 0.6 is 35.6 Å². The summed E-state index contributed by atoms with van der Waals surface area (Å²) in [6.45, 7) is 1.19. The van der Waals surface area contributed by atoms with Crippen LogP contribution in [0, 0.1) is 0 Å². The Kier molecular flexibility index (Phi) is 8.93. The van der Waals surface area contributed by atoms with E-state index in [9.17, 15) is 4.79 Å². The monoisotopic (exact) mass is 326 g/mol. The van der Waals surface area contributed by atoms with Crippen molar-refractivity contribution in [1.29, 1.82) is 0 Å². The molecule has 0 aliphatic carbocycles. The molecule has 0 atom stereocenters. The van der Waals surface area contributed by atoms with Gasteiger partial charge < -0.3 is 15.8 Å². The van der Waals surface area contributed by atoms with Crippen molar-refractivity contribution >= 4 is 41.5 Å². The first-order chi connectivity index (χ1) is 8.60. The van der Waals surface area contributed by atoms with Crippen LogP contribution in [0.5, 0.6) is 5.75 Å². The maximum absolute atomic E-state index is 11.9. The van der Waals surface area contributed by atoms with Gasteiger partial charge >= 0.3 is 0 Å². The number of carbonyl (C=O) groups is 1. The van der Waals surface area contributed by atoms with E-state index in [1.165, 1.54) is 19.2 Å². The second kappa shape index (κ2) is 9.26. The minimum atomic E-state index is -0.234. The predicted molar refractivity (Wildman–Crippen MR) is 80.9 cm³/mol. The van der Waals surface area contributed by atoms with E-state index in [2.05, 4.69) is 5.32 Å². The van der Waals surface area contributed by atoms with Gasteiger partial charge in [0.25, 0.3) is 5.91 Å². The van der Waals surface area contributed by atoms with Crippen LogP contribution in [0.2, 0.25) is 10.0 Å². The van der Waals surface area contributed by atoms with Crippen molar-refractivity contribution in [2.75, 3.05) is 20.2 Å². The summed E-state index contributed by atoms with van der Waals surface area (Å²) in [6.07, 6.45) is 1.71. The number of nitrogens with two attached hydrogens (primary N) is 1. The first-order valence-electron chi connectivity index (χ1n) is 5.61. The Balaban J connectivity index is 0.00000324. The standard InChI is InChI=1S/C12H16Cl2N2O2.ClH/c1-18-11-7-10(14)9(13)6-8(11)12(17)16-5-3-2-4-15;/h6-7H,2-5,15H2,1H3,(H,16,17);1H. The average molecular weight is 328 g/mol. The second-order valence-corrected chi connectivity index (χ2v) is 4.53. The molecule has 0 unspecified atom stereocenters. The molecule has 0 aliphatic rings. The lowest BCUT2D eigenvalue weighted by molar-refractivity contribution is 0.0950. The summed E-state index contributed by atoms with van der Waals surface area (Å²) in [5.41, 5.74) is 5.75. The molecular formula is C12H17Cl3N2O2. The van der Waals surface area contributed by atoms with Crippen LogP contribution in [0.1, 0.15) is 23.2 Å². The molecule has 0 spiro atoms. The van der Waals surface area contributed by atoms with Gasteiger partial charge in [0.05, 0.1) is 22.7 Å². The Morgan fingerprint density at radius 3 is 2.53 bits per heavy atom. The maximum atomic E-state index is 11.9. The van der Waals surface area contributed by atoms with Gasteiger partial charge in [0, 0.05) is 12.6 Å². The molecule has 7 heteroatoms. The fourth-order valence-electron chi connectivity index (χ4n) is 1.44. The Labute approximate surface area is 129 Å². The summed E-state index contributed by atoms with van der Waals surface area (Å²) < 4.78 is 5.11. The Hall–Kier alpha value is -0.680. The summed E-state index contributed by atoms with van der Waals surface area (Å²) in [5, 5.41) is 3.46. The average Bonchev–Trinajstić information content (AvgIpc) is 2.37. The molecule has 0 heterocycles. The van der Waals surface area contributed by atoms with E-state index >= 15 is 0 Å². The van der Waals surface area contributed by atoms with Crippen molar-refractivity contribution in [1.82, 2.24) is 5.32 Å². The molecule has 1 aromatic carbocycles. The molecule has 3 N–H and O–H groups in total. The molecule has 0 radical (unpaired) electrons. The smallest absolute Gasteiger partial charge is 0.255 e. The normalized spacial score (nSPS) is 9.68. The highest BCUT2D eigenvalue weighted by molar-refractivity contribution is 6.42. The second-order valence-electron chi connectivity index (χ2n) is 3.72. The Morgan fingerprint density at radius 2 is 1.95 bits per heavy atom. The van der Waals surface area contributed by atoms with Crippen LogP contribution in [-0.4, -0.2) is 26.1 Å². The van der Waals surface area contributed by atoms with E-state index in [0.29, 0.717) is 34.4 Å². The summed E-state index contributed by atoms with van der Waals surface area (Å²) in [7, 11) is 1.48. The van der Waals surface area contributed by atoms with Crippen molar-refractivity contribution in [3.05, 3.63) is 27.7 Å². The quantitative estimate of drug-likeness (QED) is 0.790. The number of benzene rings is 1. The van der Waals surface area contributed by atoms with Crippen LogP contribution < -0.4 is 15.8 Å². The number of carbonyl (C=O) groups excluding carboxylic acids is 1.